The summed E-state index contributed by atoms with van der Waals surface area (Å²) in [5.74, 6) is -4.03. The van der Waals surface area contributed by atoms with Crippen molar-refractivity contribution in [3.8, 4) is 5.69 Å². The lowest BCUT2D eigenvalue weighted by Crippen LogP contribution is -2.03. The third-order valence-electron chi connectivity index (χ3n) is 3.30. The molecule has 0 saturated heterocycles. The highest BCUT2D eigenvalue weighted by atomic mass is 32.1. The largest absolute Gasteiger partial charge is 0.327 e. The molecule has 0 radical (unpaired) electrons. The highest BCUT2D eigenvalue weighted by molar-refractivity contribution is 7.71. The zero-order chi connectivity index (χ0) is 15.3. The molecule has 3 aromatic rings. The van der Waals surface area contributed by atoms with Gasteiger partial charge in [-0.05, 0) is 18.6 Å². The van der Waals surface area contributed by atoms with Crippen LogP contribution in [0.25, 0.3) is 16.9 Å². The summed E-state index contributed by atoms with van der Waals surface area (Å²) < 4.78 is 43.2. The van der Waals surface area contributed by atoms with Crippen molar-refractivity contribution in [2.24, 2.45) is 7.05 Å². The normalized spacial score (nSPS) is 11.5. The minimum Gasteiger partial charge on any atom is -0.327 e. The first-order valence-electron chi connectivity index (χ1n) is 6.25. The second kappa shape index (κ2) is 4.73. The van der Waals surface area contributed by atoms with Crippen LogP contribution in [0.2, 0.25) is 0 Å². The quantitative estimate of drug-likeness (QED) is 0.582. The Bertz CT molecular complexity index is 883. The minimum atomic E-state index is -1.50. The maximum atomic E-state index is 13.4. The average Bonchev–Trinajstić information content (AvgIpc) is 2.92. The Morgan fingerprint density at radius 3 is 2.43 bits per heavy atom. The van der Waals surface area contributed by atoms with Gasteiger partial charge in [0.05, 0.1) is 11.4 Å². The van der Waals surface area contributed by atoms with Crippen LogP contribution in [0.3, 0.4) is 0 Å². The number of fused-ring (bicyclic) bond motifs is 1. The van der Waals surface area contributed by atoms with Gasteiger partial charge in [-0.15, -0.1) is 0 Å². The number of aromatic amines is 1. The number of aryl methyl sites for hydroxylation is 2. The highest BCUT2D eigenvalue weighted by Crippen LogP contribution is 2.24. The number of aromatic nitrogens is 4. The van der Waals surface area contributed by atoms with Crippen molar-refractivity contribution in [2.45, 2.75) is 13.3 Å². The van der Waals surface area contributed by atoms with Gasteiger partial charge in [0, 0.05) is 19.2 Å². The van der Waals surface area contributed by atoms with E-state index in [4.69, 9.17) is 12.2 Å². The van der Waals surface area contributed by atoms with Crippen LogP contribution in [0.4, 0.5) is 13.2 Å². The van der Waals surface area contributed by atoms with E-state index in [0.29, 0.717) is 17.6 Å². The Kier molecular flexibility index (Phi) is 3.12. The molecule has 0 unspecified atom stereocenters. The second-order valence-electron chi connectivity index (χ2n) is 4.61. The van der Waals surface area contributed by atoms with Gasteiger partial charge in [0.2, 0.25) is 0 Å². The number of benzene rings is 1. The van der Waals surface area contributed by atoms with Crippen LogP contribution in [-0.2, 0) is 13.5 Å². The van der Waals surface area contributed by atoms with Crippen molar-refractivity contribution in [1.29, 1.82) is 0 Å². The highest BCUT2D eigenvalue weighted by Gasteiger charge is 2.18. The molecule has 0 aliphatic carbocycles. The SMILES string of the molecule is CCc1nn(C)c2c1[nH]c(=S)n2-c1cc(F)c(F)c(F)c1. The molecule has 3 rings (SSSR count). The topological polar surface area (TPSA) is 38.5 Å². The number of halogens is 3. The van der Waals surface area contributed by atoms with E-state index in [0.717, 1.165) is 17.8 Å². The van der Waals surface area contributed by atoms with E-state index >= 15 is 0 Å². The zero-order valence-corrected chi connectivity index (χ0v) is 12.1. The number of nitrogens with one attached hydrogen (secondary N) is 1. The van der Waals surface area contributed by atoms with Crippen LogP contribution < -0.4 is 0 Å². The summed E-state index contributed by atoms with van der Waals surface area (Å²) in [5.41, 5.74) is 2.17. The van der Waals surface area contributed by atoms with Crippen molar-refractivity contribution in [2.75, 3.05) is 0 Å². The third-order valence-corrected chi connectivity index (χ3v) is 3.58. The molecule has 21 heavy (non-hydrogen) atoms. The molecule has 2 aromatic heterocycles. The van der Waals surface area contributed by atoms with Crippen LogP contribution in [0.15, 0.2) is 12.1 Å². The molecule has 4 nitrogen and oxygen atoms in total. The van der Waals surface area contributed by atoms with Gasteiger partial charge in [-0.2, -0.15) is 5.10 Å². The van der Waals surface area contributed by atoms with Crippen LogP contribution in [0.1, 0.15) is 12.6 Å². The monoisotopic (exact) mass is 312 g/mol. The van der Waals surface area contributed by atoms with Gasteiger partial charge in [0.1, 0.15) is 5.52 Å². The molecule has 0 bridgehead atoms. The smallest absolute Gasteiger partial charge is 0.194 e. The molecular weight excluding hydrogens is 301 g/mol. The summed E-state index contributed by atoms with van der Waals surface area (Å²) in [4.78, 5) is 2.98. The molecule has 0 atom stereocenters. The van der Waals surface area contributed by atoms with Gasteiger partial charge in [-0.25, -0.2) is 17.9 Å². The van der Waals surface area contributed by atoms with Crippen LogP contribution in [-0.4, -0.2) is 19.3 Å². The molecule has 0 spiro atoms. The molecule has 0 amide bonds. The van der Waals surface area contributed by atoms with E-state index in [9.17, 15) is 13.2 Å². The van der Waals surface area contributed by atoms with Gasteiger partial charge < -0.3 is 4.98 Å². The molecule has 8 heteroatoms. The average molecular weight is 312 g/mol. The van der Waals surface area contributed by atoms with Crippen LogP contribution in [0, 0.1) is 22.2 Å². The summed E-state index contributed by atoms with van der Waals surface area (Å²) >= 11 is 5.20. The number of H-pyrrole nitrogens is 1. The first-order chi connectivity index (χ1) is 9.93. The van der Waals surface area contributed by atoms with Crippen molar-refractivity contribution < 1.29 is 13.2 Å². The van der Waals surface area contributed by atoms with Crippen molar-refractivity contribution in [1.82, 2.24) is 19.3 Å². The predicted octanol–water partition coefficient (Wildman–Crippen LogP) is 3.40. The fourth-order valence-corrected chi connectivity index (χ4v) is 2.67. The maximum absolute atomic E-state index is 13.4. The number of hydrogen-bond acceptors (Lipinski definition) is 2. The van der Waals surface area contributed by atoms with E-state index in [1.807, 2.05) is 6.92 Å². The number of imidazole rings is 1. The molecule has 1 aromatic carbocycles. The van der Waals surface area contributed by atoms with E-state index in [1.165, 1.54) is 4.57 Å². The van der Waals surface area contributed by atoms with Gasteiger partial charge in [0.25, 0.3) is 0 Å². The lowest BCUT2D eigenvalue weighted by Gasteiger charge is -2.06. The van der Waals surface area contributed by atoms with Gasteiger partial charge in [-0.1, -0.05) is 6.92 Å². The Balaban J connectivity index is 2.38. The molecule has 1 N–H and O–H groups in total. The molecule has 0 aliphatic heterocycles. The number of nitrogens with zero attached hydrogens (tertiary/aromatic N) is 3. The first kappa shape index (κ1) is 13.9. The summed E-state index contributed by atoms with van der Waals surface area (Å²) in [7, 11) is 1.71. The Labute approximate surface area is 122 Å². The first-order valence-corrected chi connectivity index (χ1v) is 6.66. The zero-order valence-electron chi connectivity index (χ0n) is 11.2. The van der Waals surface area contributed by atoms with Crippen molar-refractivity contribution >= 4 is 23.4 Å². The lowest BCUT2D eigenvalue weighted by atomic mass is 10.2. The fourth-order valence-electron chi connectivity index (χ4n) is 2.37. The van der Waals surface area contributed by atoms with Gasteiger partial charge in [0.15, 0.2) is 27.9 Å². The number of hydrogen-bond donors (Lipinski definition) is 1. The summed E-state index contributed by atoms with van der Waals surface area (Å²) in [6.45, 7) is 1.94. The Hall–Kier alpha value is -2.09. The Morgan fingerprint density at radius 2 is 1.86 bits per heavy atom. The molecular formula is C13H11F3N4S. The van der Waals surface area contributed by atoms with Gasteiger partial charge in [-0.3, -0.25) is 4.57 Å². The third kappa shape index (κ3) is 1.98. The summed E-state index contributed by atoms with van der Waals surface area (Å²) in [5, 5.41) is 4.31. The van der Waals surface area contributed by atoms with Crippen LogP contribution >= 0.6 is 12.2 Å². The Morgan fingerprint density at radius 1 is 1.24 bits per heavy atom. The van der Waals surface area contributed by atoms with E-state index in [-0.39, 0.29) is 10.5 Å². The molecule has 2 heterocycles. The molecule has 0 fully saturated rings. The molecule has 0 aliphatic rings. The van der Waals surface area contributed by atoms with Crippen molar-refractivity contribution in [3.63, 3.8) is 0 Å². The van der Waals surface area contributed by atoms with E-state index < -0.39 is 17.5 Å². The predicted molar refractivity (Wildman–Crippen MR) is 74.5 cm³/mol. The lowest BCUT2D eigenvalue weighted by molar-refractivity contribution is 0.446. The van der Waals surface area contributed by atoms with E-state index in [1.54, 1.807) is 11.7 Å². The van der Waals surface area contributed by atoms with Crippen molar-refractivity contribution in [3.05, 3.63) is 40.0 Å². The van der Waals surface area contributed by atoms with Gasteiger partial charge >= 0.3 is 0 Å². The second-order valence-corrected chi connectivity index (χ2v) is 5.00. The van der Waals surface area contributed by atoms with E-state index in [2.05, 4.69) is 10.1 Å². The fraction of sp³-hybridized carbons (Fsp3) is 0.231. The standard InChI is InChI=1S/C13H11F3N4S/c1-3-9-11-12(19(2)18-9)20(13(21)17-11)6-4-7(14)10(16)8(15)5-6/h4-5H,3H2,1-2H3,(H,17,21). The molecule has 0 saturated carbocycles. The van der Waals surface area contributed by atoms with Crippen LogP contribution in [0.5, 0.6) is 0 Å². The molecule has 110 valence electrons. The minimum absolute atomic E-state index is 0.105. The maximum Gasteiger partial charge on any atom is 0.194 e. The summed E-state index contributed by atoms with van der Waals surface area (Å²) in [6, 6.07) is 1.81. The number of rotatable bonds is 2. The summed E-state index contributed by atoms with van der Waals surface area (Å²) in [6.07, 6.45) is 0.679.